The molecule has 11 heavy (non-hydrogen) atoms. The molecule has 0 saturated carbocycles. The van der Waals surface area contributed by atoms with Crippen molar-refractivity contribution in [3.8, 4) is 12.3 Å². The number of aromatic nitrogens is 2. The molecule has 3 nitrogen and oxygen atoms in total. The molecule has 0 saturated heterocycles. The van der Waals surface area contributed by atoms with Crippen molar-refractivity contribution in [3.63, 3.8) is 0 Å². The molecule has 1 aromatic rings. The van der Waals surface area contributed by atoms with Crippen LogP contribution < -0.4 is 0 Å². The number of nitrogens with zero attached hydrogens (tertiary/aromatic N) is 2. The third-order valence-electron chi connectivity index (χ3n) is 1.05. The van der Waals surface area contributed by atoms with Crippen LogP contribution >= 0.6 is 0 Å². The molecule has 1 aromatic heterocycles. The Bertz CT molecular complexity index is 240. The summed E-state index contributed by atoms with van der Waals surface area (Å²) in [6.07, 6.45) is 9.87. The quantitative estimate of drug-likeness (QED) is 0.465. The molecule has 0 spiro atoms. The first kappa shape index (κ1) is 7.70. The van der Waals surface area contributed by atoms with Gasteiger partial charge in [-0.25, -0.2) is 0 Å². The van der Waals surface area contributed by atoms with E-state index < -0.39 is 0 Å². The van der Waals surface area contributed by atoms with Gasteiger partial charge in [0.2, 0.25) is 0 Å². The van der Waals surface area contributed by atoms with Gasteiger partial charge in [0.25, 0.3) is 0 Å². The summed E-state index contributed by atoms with van der Waals surface area (Å²) in [4.78, 5) is 7.86. The number of hydrogen-bond acceptors (Lipinski definition) is 3. The highest BCUT2D eigenvalue weighted by atomic mass is 16.5. The van der Waals surface area contributed by atoms with E-state index in [0.29, 0.717) is 13.2 Å². The SMILES string of the molecule is C#CCOCc1cnccn1. The Morgan fingerprint density at radius 1 is 1.55 bits per heavy atom. The Morgan fingerprint density at radius 3 is 3.09 bits per heavy atom. The van der Waals surface area contributed by atoms with Gasteiger partial charge >= 0.3 is 0 Å². The molecule has 0 amide bonds. The molecule has 0 aliphatic carbocycles. The maximum atomic E-state index is 5.03. The topological polar surface area (TPSA) is 35.0 Å². The van der Waals surface area contributed by atoms with Gasteiger partial charge in [0.05, 0.1) is 18.5 Å². The lowest BCUT2D eigenvalue weighted by atomic mass is 10.5. The van der Waals surface area contributed by atoms with E-state index in [1.54, 1.807) is 18.6 Å². The Hall–Kier alpha value is -1.40. The van der Waals surface area contributed by atoms with E-state index in [-0.39, 0.29) is 0 Å². The number of hydrogen-bond donors (Lipinski definition) is 0. The van der Waals surface area contributed by atoms with Gasteiger partial charge in [-0.1, -0.05) is 5.92 Å². The Kier molecular flexibility index (Phi) is 3.10. The van der Waals surface area contributed by atoms with E-state index in [4.69, 9.17) is 11.2 Å². The third kappa shape index (κ3) is 2.78. The highest BCUT2D eigenvalue weighted by Crippen LogP contribution is 1.91. The molecule has 0 bridgehead atoms. The largest absolute Gasteiger partial charge is 0.362 e. The fraction of sp³-hybridized carbons (Fsp3) is 0.250. The molecule has 0 N–H and O–H groups in total. The molecular weight excluding hydrogens is 140 g/mol. The van der Waals surface area contributed by atoms with Crippen LogP contribution in [0.4, 0.5) is 0 Å². The van der Waals surface area contributed by atoms with Crippen molar-refractivity contribution in [2.24, 2.45) is 0 Å². The second kappa shape index (κ2) is 4.42. The Balaban J connectivity index is 2.35. The summed E-state index contributed by atoms with van der Waals surface area (Å²) < 4.78 is 5.03. The first-order valence-electron chi connectivity index (χ1n) is 3.19. The zero-order valence-electron chi connectivity index (χ0n) is 6.03. The van der Waals surface area contributed by atoms with Gasteiger partial charge in [-0.05, 0) is 0 Å². The average molecular weight is 148 g/mol. The van der Waals surface area contributed by atoms with Crippen LogP contribution in [0.2, 0.25) is 0 Å². The van der Waals surface area contributed by atoms with Gasteiger partial charge in [0, 0.05) is 12.4 Å². The van der Waals surface area contributed by atoms with Crippen molar-refractivity contribution in [2.45, 2.75) is 6.61 Å². The second-order valence-corrected chi connectivity index (χ2v) is 1.89. The average Bonchev–Trinajstić information content (AvgIpc) is 2.07. The summed E-state index contributed by atoms with van der Waals surface area (Å²) in [6, 6.07) is 0. The molecular formula is C8H8N2O. The van der Waals surface area contributed by atoms with Crippen molar-refractivity contribution < 1.29 is 4.74 Å². The van der Waals surface area contributed by atoms with Crippen molar-refractivity contribution in [3.05, 3.63) is 24.3 Å². The summed E-state index contributed by atoms with van der Waals surface area (Å²) in [6.45, 7) is 0.745. The fourth-order valence-electron chi connectivity index (χ4n) is 0.619. The first-order chi connectivity index (χ1) is 5.43. The summed E-state index contributed by atoms with van der Waals surface area (Å²) in [5, 5.41) is 0. The number of rotatable bonds is 3. The van der Waals surface area contributed by atoms with Crippen molar-refractivity contribution in [1.82, 2.24) is 9.97 Å². The van der Waals surface area contributed by atoms with Gasteiger partial charge in [0.1, 0.15) is 6.61 Å². The molecule has 3 heteroatoms. The fourth-order valence-corrected chi connectivity index (χ4v) is 0.619. The van der Waals surface area contributed by atoms with Crippen LogP contribution in [-0.2, 0) is 11.3 Å². The molecule has 1 rings (SSSR count). The standard InChI is InChI=1S/C8H8N2O/c1-2-5-11-7-8-6-9-3-4-10-8/h1,3-4,6H,5,7H2. The minimum Gasteiger partial charge on any atom is -0.362 e. The molecule has 0 atom stereocenters. The van der Waals surface area contributed by atoms with E-state index >= 15 is 0 Å². The van der Waals surface area contributed by atoms with E-state index in [1.165, 1.54) is 0 Å². The highest BCUT2D eigenvalue weighted by molar-refractivity contribution is 4.92. The molecule has 0 aliphatic heterocycles. The lowest BCUT2D eigenvalue weighted by Crippen LogP contribution is -1.95. The number of ether oxygens (including phenoxy) is 1. The summed E-state index contributed by atoms with van der Waals surface area (Å²) >= 11 is 0. The predicted molar refractivity (Wildman–Crippen MR) is 40.5 cm³/mol. The van der Waals surface area contributed by atoms with Crippen LogP contribution in [0.15, 0.2) is 18.6 Å². The molecule has 1 heterocycles. The predicted octanol–water partition coefficient (Wildman–Crippen LogP) is 0.626. The Labute approximate surface area is 65.4 Å². The first-order valence-corrected chi connectivity index (χ1v) is 3.19. The number of terminal acetylenes is 1. The molecule has 0 aliphatic rings. The van der Waals surface area contributed by atoms with Gasteiger partial charge < -0.3 is 4.74 Å². The van der Waals surface area contributed by atoms with Crippen LogP contribution in [-0.4, -0.2) is 16.6 Å². The maximum absolute atomic E-state index is 5.03. The zero-order chi connectivity index (χ0) is 7.94. The van der Waals surface area contributed by atoms with Crippen molar-refractivity contribution >= 4 is 0 Å². The maximum Gasteiger partial charge on any atom is 0.107 e. The Morgan fingerprint density at radius 2 is 2.45 bits per heavy atom. The molecule has 0 fully saturated rings. The van der Waals surface area contributed by atoms with Crippen molar-refractivity contribution in [1.29, 1.82) is 0 Å². The van der Waals surface area contributed by atoms with E-state index in [9.17, 15) is 0 Å². The van der Waals surface area contributed by atoms with Gasteiger partial charge in [-0.2, -0.15) is 0 Å². The summed E-state index contributed by atoms with van der Waals surface area (Å²) in [7, 11) is 0. The minimum absolute atomic E-state index is 0.316. The van der Waals surface area contributed by atoms with Crippen LogP contribution in [0, 0.1) is 12.3 Å². The van der Waals surface area contributed by atoms with Gasteiger partial charge in [-0.3, -0.25) is 9.97 Å². The van der Waals surface area contributed by atoms with Gasteiger partial charge in [-0.15, -0.1) is 6.42 Å². The normalized spacial score (nSPS) is 9.00. The summed E-state index contributed by atoms with van der Waals surface area (Å²) in [5.74, 6) is 2.37. The zero-order valence-corrected chi connectivity index (χ0v) is 6.03. The van der Waals surface area contributed by atoms with Crippen LogP contribution in [0.1, 0.15) is 5.69 Å². The van der Waals surface area contributed by atoms with Crippen molar-refractivity contribution in [2.75, 3.05) is 6.61 Å². The van der Waals surface area contributed by atoms with Gasteiger partial charge in [0.15, 0.2) is 0 Å². The molecule has 0 unspecified atom stereocenters. The molecule has 0 radical (unpaired) electrons. The van der Waals surface area contributed by atoms with E-state index in [1.807, 2.05) is 0 Å². The summed E-state index contributed by atoms with van der Waals surface area (Å²) in [5.41, 5.74) is 0.794. The lowest BCUT2D eigenvalue weighted by Gasteiger charge is -1.96. The smallest absolute Gasteiger partial charge is 0.107 e. The monoisotopic (exact) mass is 148 g/mol. The van der Waals surface area contributed by atoms with Crippen LogP contribution in [0.25, 0.3) is 0 Å². The minimum atomic E-state index is 0.316. The third-order valence-corrected chi connectivity index (χ3v) is 1.05. The lowest BCUT2D eigenvalue weighted by molar-refractivity contribution is 0.150. The second-order valence-electron chi connectivity index (χ2n) is 1.89. The van der Waals surface area contributed by atoms with Crippen LogP contribution in [0.5, 0.6) is 0 Å². The highest BCUT2D eigenvalue weighted by Gasteiger charge is 1.90. The van der Waals surface area contributed by atoms with E-state index in [2.05, 4.69) is 15.9 Å². The van der Waals surface area contributed by atoms with E-state index in [0.717, 1.165) is 5.69 Å². The molecule has 0 aromatic carbocycles. The van der Waals surface area contributed by atoms with Crippen LogP contribution in [0.3, 0.4) is 0 Å². The molecule has 56 valence electrons.